The minimum atomic E-state index is -3.36. The smallest absolute Gasteiger partial charge is 0.177 e. The first kappa shape index (κ1) is 12.3. The van der Waals surface area contributed by atoms with Crippen LogP contribution in [0, 0.1) is 0 Å². The van der Waals surface area contributed by atoms with Gasteiger partial charge in [-0.05, 0) is 31.5 Å². The number of nitrogen functional groups attached to an aromatic ring is 1. The Morgan fingerprint density at radius 1 is 1.27 bits per heavy atom. The van der Waals surface area contributed by atoms with E-state index in [1.807, 2.05) is 0 Å². The number of sulfone groups is 1. The fourth-order valence-corrected chi connectivity index (χ4v) is 2.98. The molecule has 0 atom stereocenters. The van der Waals surface area contributed by atoms with Crippen molar-refractivity contribution >= 4 is 28.0 Å². The molecule has 6 heteroatoms. The second-order valence-corrected chi connectivity index (χ2v) is 9.05. The quantitative estimate of drug-likeness (QED) is 0.622. The molecule has 0 saturated heterocycles. The summed E-state index contributed by atoms with van der Waals surface area (Å²) in [6.45, 7) is 3.18. The molecule has 0 amide bonds. The minimum Gasteiger partial charge on any atom is -0.398 e. The van der Waals surface area contributed by atoms with Crippen molar-refractivity contribution in [2.75, 3.05) is 25.3 Å². The third-order valence-electron chi connectivity index (χ3n) is 2.02. The largest absolute Gasteiger partial charge is 0.398 e. The van der Waals surface area contributed by atoms with E-state index in [9.17, 15) is 13.0 Å². The molecule has 84 valence electrons. The van der Waals surface area contributed by atoms with Gasteiger partial charge in [0.15, 0.2) is 9.84 Å². The maximum atomic E-state index is 11.8. The molecule has 1 aromatic carbocycles. The first-order chi connectivity index (χ1) is 6.62. The van der Waals surface area contributed by atoms with Crippen LogP contribution in [0.2, 0.25) is 0 Å². The van der Waals surface area contributed by atoms with Gasteiger partial charge in [-0.15, -0.1) is 0 Å². The van der Waals surface area contributed by atoms with E-state index in [4.69, 9.17) is 5.73 Å². The number of hydrogen-bond donors (Lipinski definition) is 1. The Morgan fingerprint density at radius 2 is 1.80 bits per heavy atom. The van der Waals surface area contributed by atoms with E-state index < -0.39 is 17.0 Å². The van der Waals surface area contributed by atoms with Crippen molar-refractivity contribution in [3.8, 4) is 0 Å². The van der Waals surface area contributed by atoms with Crippen molar-refractivity contribution in [2.24, 2.45) is 0 Å². The first-order valence-electron chi connectivity index (χ1n) is 4.27. The van der Waals surface area contributed by atoms with Gasteiger partial charge in [0, 0.05) is 11.6 Å². The van der Waals surface area contributed by atoms with E-state index in [2.05, 4.69) is 0 Å². The molecule has 15 heavy (non-hydrogen) atoms. The summed E-state index contributed by atoms with van der Waals surface area (Å²) in [6.07, 6.45) is 1.08. The summed E-state index contributed by atoms with van der Waals surface area (Å²) in [5.74, 6) is 0. The maximum Gasteiger partial charge on any atom is 0.177 e. The van der Waals surface area contributed by atoms with Crippen molar-refractivity contribution in [3.63, 3.8) is 0 Å². The summed E-state index contributed by atoms with van der Waals surface area (Å²) in [4.78, 5) is 0.0453. The molecule has 0 radical (unpaired) electrons. The van der Waals surface area contributed by atoms with Gasteiger partial charge in [-0.3, -0.25) is 0 Å². The zero-order valence-corrected chi connectivity index (χ0v) is 10.6. The van der Waals surface area contributed by atoms with Crippen LogP contribution in [0.15, 0.2) is 23.1 Å². The number of rotatable bonds is 2. The molecule has 4 nitrogen and oxygen atoms in total. The third-order valence-corrected chi connectivity index (χ3v) is 4.69. The van der Waals surface area contributed by atoms with Gasteiger partial charge in [-0.1, -0.05) is 0 Å². The van der Waals surface area contributed by atoms with Crippen molar-refractivity contribution in [1.82, 2.24) is 0 Å². The highest BCUT2D eigenvalue weighted by atomic mass is 32.2. The van der Waals surface area contributed by atoms with Gasteiger partial charge in [-0.25, -0.2) is 8.42 Å². The number of hydrogen-bond acceptors (Lipinski definition) is 4. The fourth-order valence-electron chi connectivity index (χ4n) is 1.18. The summed E-state index contributed by atoms with van der Waals surface area (Å²) >= 11 is 0. The van der Waals surface area contributed by atoms with Crippen LogP contribution in [0.5, 0.6) is 0 Å². The van der Waals surface area contributed by atoms with Crippen LogP contribution in [0.1, 0.15) is 0 Å². The van der Waals surface area contributed by atoms with Gasteiger partial charge in [0.2, 0.25) is 0 Å². The predicted octanol–water partition coefficient (Wildman–Crippen LogP) is 0.920. The Bertz CT molecular complexity index is 530. The Morgan fingerprint density at radius 3 is 2.20 bits per heavy atom. The molecular weight excluding hydrogens is 233 g/mol. The summed E-state index contributed by atoms with van der Waals surface area (Å²) in [6, 6.07) is 4.47. The van der Waals surface area contributed by atoms with Gasteiger partial charge in [0.25, 0.3) is 0 Å². The molecule has 0 aliphatic carbocycles. The van der Waals surface area contributed by atoms with Crippen LogP contribution < -0.4 is 11.0 Å². The summed E-state index contributed by atoms with van der Waals surface area (Å²) in [7, 11) is -5.82. The van der Waals surface area contributed by atoms with Crippen LogP contribution >= 0.6 is 7.14 Å². The first-order valence-corrected chi connectivity index (χ1v) is 8.77. The lowest BCUT2D eigenvalue weighted by atomic mass is 10.3. The van der Waals surface area contributed by atoms with E-state index in [1.165, 1.54) is 12.1 Å². The molecule has 0 spiro atoms. The van der Waals surface area contributed by atoms with E-state index >= 15 is 0 Å². The predicted molar refractivity (Wildman–Crippen MR) is 63.1 cm³/mol. The number of benzene rings is 1. The van der Waals surface area contributed by atoms with Gasteiger partial charge >= 0.3 is 0 Å². The standard InChI is InChI=1S/C9H14NO3PS/c1-14(2,11)7-4-5-8(10)9(6-7)15(3,12)13/h4-6H,10H2,1-3H3. The lowest BCUT2D eigenvalue weighted by Crippen LogP contribution is -2.09. The Kier molecular flexibility index (Phi) is 2.99. The molecule has 0 bridgehead atoms. The average Bonchev–Trinajstić information content (AvgIpc) is 2.00. The highest BCUT2D eigenvalue weighted by Crippen LogP contribution is 2.35. The van der Waals surface area contributed by atoms with Crippen LogP contribution in [-0.4, -0.2) is 28.0 Å². The lowest BCUT2D eigenvalue weighted by molar-refractivity contribution is 0.588. The SMILES string of the molecule is CP(C)(=O)c1ccc(N)c(S(C)(=O)=O)c1. The topological polar surface area (TPSA) is 77.2 Å². The molecule has 0 aromatic heterocycles. The van der Waals surface area contributed by atoms with Crippen LogP contribution in [0.4, 0.5) is 5.69 Å². The van der Waals surface area contributed by atoms with Crippen LogP contribution in [0.3, 0.4) is 0 Å². The zero-order chi connectivity index (χ0) is 11.9. The Balaban J connectivity index is 3.50. The molecule has 0 heterocycles. The maximum absolute atomic E-state index is 11.8. The van der Waals surface area contributed by atoms with Crippen LogP contribution in [-0.2, 0) is 14.4 Å². The zero-order valence-electron chi connectivity index (χ0n) is 8.89. The number of anilines is 1. The van der Waals surface area contributed by atoms with E-state index in [0.717, 1.165) is 6.26 Å². The molecule has 0 aliphatic rings. The molecule has 0 saturated carbocycles. The van der Waals surface area contributed by atoms with Crippen molar-refractivity contribution in [3.05, 3.63) is 18.2 Å². The molecule has 1 rings (SSSR count). The van der Waals surface area contributed by atoms with Gasteiger partial charge < -0.3 is 10.3 Å². The highest BCUT2D eigenvalue weighted by Gasteiger charge is 2.17. The number of nitrogens with two attached hydrogens (primary N) is 1. The average molecular weight is 247 g/mol. The fraction of sp³-hybridized carbons (Fsp3) is 0.333. The van der Waals surface area contributed by atoms with Crippen molar-refractivity contribution in [1.29, 1.82) is 0 Å². The molecule has 1 aromatic rings. The highest BCUT2D eigenvalue weighted by molar-refractivity contribution is 7.91. The molecule has 2 N–H and O–H groups in total. The second kappa shape index (κ2) is 3.65. The molecular formula is C9H14NO3PS. The van der Waals surface area contributed by atoms with Crippen molar-refractivity contribution in [2.45, 2.75) is 4.90 Å². The van der Waals surface area contributed by atoms with E-state index in [0.29, 0.717) is 5.30 Å². The van der Waals surface area contributed by atoms with E-state index in [1.54, 1.807) is 19.4 Å². The van der Waals surface area contributed by atoms with Gasteiger partial charge in [0.05, 0.1) is 10.6 Å². The lowest BCUT2D eigenvalue weighted by Gasteiger charge is -2.10. The summed E-state index contributed by atoms with van der Waals surface area (Å²) in [5.41, 5.74) is 5.74. The monoisotopic (exact) mass is 247 g/mol. The normalized spacial score (nSPS) is 12.7. The minimum absolute atomic E-state index is 0.0453. The molecule has 0 unspecified atom stereocenters. The second-order valence-electron chi connectivity index (χ2n) is 3.85. The summed E-state index contributed by atoms with van der Waals surface area (Å²) in [5, 5.41) is 0.525. The Labute approximate surface area is 89.8 Å². The third kappa shape index (κ3) is 2.83. The van der Waals surface area contributed by atoms with E-state index in [-0.39, 0.29) is 10.6 Å². The molecule has 0 fully saturated rings. The van der Waals surface area contributed by atoms with Gasteiger partial charge in [-0.2, -0.15) is 0 Å². The van der Waals surface area contributed by atoms with Crippen LogP contribution in [0.25, 0.3) is 0 Å². The summed E-state index contributed by atoms with van der Waals surface area (Å²) < 4.78 is 34.5. The van der Waals surface area contributed by atoms with Gasteiger partial charge in [0.1, 0.15) is 7.14 Å². The van der Waals surface area contributed by atoms with Crippen molar-refractivity contribution < 1.29 is 13.0 Å². The Hall–Kier alpha value is -0.800. The molecule has 0 aliphatic heterocycles.